The lowest BCUT2D eigenvalue weighted by atomic mass is 10.2. The number of phenols is 1. The maximum Gasteiger partial charge on any atom is 0.397 e. The zero-order valence-corrected chi connectivity index (χ0v) is 36.9. The Kier molecular flexibility index (Phi) is 15.6. The molecule has 33 heteroatoms. The fourth-order valence-corrected chi connectivity index (χ4v) is 9.11. The minimum absolute atomic E-state index is 0.0217. The van der Waals surface area contributed by atoms with Crippen molar-refractivity contribution in [1.29, 1.82) is 0 Å². The van der Waals surface area contributed by atoms with Gasteiger partial charge in [0.2, 0.25) is 0 Å². The number of nitrogen functional groups attached to an aromatic ring is 1. The number of phenolic OH excluding ortho intramolecular Hbond substituents is 1. The third-order valence-corrected chi connectivity index (χ3v) is 13.6. The van der Waals surface area contributed by atoms with Crippen LogP contribution in [0.1, 0.15) is 6.92 Å². The van der Waals surface area contributed by atoms with Crippen molar-refractivity contribution in [3.8, 4) is 5.75 Å². The van der Waals surface area contributed by atoms with Gasteiger partial charge in [0.05, 0.1) is 51.6 Å². The minimum Gasteiger partial charge on any atom is -0.506 e. The number of nitrogens with one attached hydrogen (secondary N) is 1. The molecule has 64 heavy (non-hydrogen) atoms. The molecule has 0 saturated carbocycles. The summed E-state index contributed by atoms with van der Waals surface area (Å²) in [6.45, 7) is 3.29. The molecule has 0 fully saturated rings. The number of sulfone groups is 2. The lowest BCUT2D eigenvalue weighted by Gasteiger charge is -2.11. The van der Waals surface area contributed by atoms with Crippen LogP contribution in [0.4, 0.5) is 45.5 Å². The van der Waals surface area contributed by atoms with Crippen LogP contribution >= 0.6 is 0 Å². The van der Waals surface area contributed by atoms with Crippen molar-refractivity contribution in [2.45, 2.75) is 26.5 Å². The van der Waals surface area contributed by atoms with Crippen molar-refractivity contribution in [3.05, 3.63) is 79.0 Å². The number of hydrogen-bond donors (Lipinski definition) is 7. The predicted octanol–water partition coefficient (Wildman–Crippen LogP) is 4.85. The zero-order chi connectivity index (χ0) is 48.1. The summed E-state index contributed by atoms with van der Waals surface area (Å²) in [4.78, 5) is -2.99. The van der Waals surface area contributed by atoms with Crippen molar-refractivity contribution in [3.63, 3.8) is 0 Å². The summed E-state index contributed by atoms with van der Waals surface area (Å²) in [5, 5.41) is 36.4. The van der Waals surface area contributed by atoms with E-state index in [0.29, 0.717) is 6.07 Å². The lowest BCUT2D eigenvalue weighted by Crippen LogP contribution is -2.16. The number of benzene rings is 4. The van der Waals surface area contributed by atoms with Crippen LogP contribution < -0.4 is 11.1 Å². The van der Waals surface area contributed by atoms with Gasteiger partial charge in [0.1, 0.15) is 44.0 Å². The van der Waals surface area contributed by atoms with E-state index < -0.39 is 123 Å². The monoisotopic (exact) mass is 1010 g/mol. The normalized spacial score (nSPS) is 13.3. The van der Waals surface area contributed by atoms with Gasteiger partial charge in [-0.1, -0.05) is 6.58 Å². The summed E-state index contributed by atoms with van der Waals surface area (Å²) < 4.78 is 188. The molecule has 4 aromatic rings. The molecule has 0 aliphatic carbocycles. The smallest absolute Gasteiger partial charge is 0.397 e. The summed E-state index contributed by atoms with van der Waals surface area (Å²) in [6.07, 6.45) is 0. The first-order valence-corrected chi connectivity index (χ1v) is 25.6. The number of anilines is 2. The minimum atomic E-state index is -5.22. The highest BCUT2D eigenvalue weighted by Crippen LogP contribution is 2.41. The van der Waals surface area contributed by atoms with Gasteiger partial charge in [0.15, 0.2) is 19.7 Å². The highest BCUT2D eigenvalue weighted by atomic mass is 32.3. The maximum atomic E-state index is 12.6. The van der Waals surface area contributed by atoms with E-state index in [-0.39, 0.29) is 39.0 Å². The standard InChI is InChI=1S/C31H32N8O19S6/c1-18(2)33-25-16-28(31(62(48,49)50)17-26(25)37-34-19-3-5-20(6-4-19)59(41,42)11-9-57-63(51,52)53)39-38-27-15-24(22(32)14-29(27)40)36-35-23-8-7-21(13-30(23)61(45,46)47)60(43,44)12-10-58-64(54,55)56/h3-8,13-17,33,40H,1,9-12,32H2,2H3,(H,45,46,47)(H,48,49,50)(H,51,52,53)(H,54,55,56). The number of aromatic hydroxyl groups is 1. The largest absolute Gasteiger partial charge is 0.506 e. The Hall–Kier alpha value is -5.72. The van der Waals surface area contributed by atoms with E-state index >= 15 is 0 Å². The number of hydrogen-bond acceptors (Lipinski definition) is 23. The number of rotatable bonds is 20. The molecule has 0 atom stereocenters. The van der Waals surface area contributed by atoms with E-state index in [4.69, 9.17) is 14.8 Å². The topological polar surface area (TPSA) is 437 Å². The second-order valence-corrected chi connectivity index (χ2v) is 21.6. The Morgan fingerprint density at radius 2 is 1.05 bits per heavy atom. The Bertz CT molecular complexity index is 3270. The Labute approximate surface area is 364 Å². The third kappa shape index (κ3) is 14.7. The fraction of sp³-hybridized carbons (Fsp3) is 0.161. The fourth-order valence-electron chi connectivity index (χ4n) is 4.76. The first kappa shape index (κ1) is 50.9. The summed E-state index contributed by atoms with van der Waals surface area (Å²) >= 11 is 0. The van der Waals surface area contributed by atoms with Crippen molar-refractivity contribution < 1.29 is 82.2 Å². The van der Waals surface area contributed by atoms with Crippen molar-refractivity contribution in [2.24, 2.45) is 30.7 Å². The highest BCUT2D eigenvalue weighted by molar-refractivity contribution is 7.92. The van der Waals surface area contributed by atoms with Crippen LogP contribution in [-0.4, -0.2) is 98.5 Å². The number of allylic oxidation sites excluding steroid dienone is 1. The van der Waals surface area contributed by atoms with E-state index in [1.54, 1.807) is 0 Å². The zero-order valence-electron chi connectivity index (χ0n) is 32.0. The average molecular weight is 1010 g/mol. The maximum absolute atomic E-state index is 12.6. The summed E-state index contributed by atoms with van der Waals surface area (Å²) in [6, 6.07) is 10.4. The Balaban J connectivity index is 1.69. The molecular formula is C31H32N8O19S6. The van der Waals surface area contributed by atoms with E-state index in [9.17, 15) is 64.7 Å². The summed E-state index contributed by atoms with van der Waals surface area (Å²) in [7, 11) is -28.8. The SMILES string of the molecule is C=C(C)Nc1cc(N=Nc2cc(N=Nc3ccc(S(=O)(=O)CCOS(=O)(=O)O)cc3S(=O)(=O)O)c(N)cc2O)c(S(=O)(=O)O)cc1N=Nc1ccc(S(=O)(=O)CCOS(=O)(=O)O)cc1. The molecule has 4 aromatic carbocycles. The molecule has 0 amide bonds. The van der Waals surface area contributed by atoms with Crippen LogP contribution in [0.15, 0.2) is 129 Å². The van der Waals surface area contributed by atoms with E-state index in [0.717, 1.165) is 48.5 Å². The second kappa shape index (κ2) is 19.6. The predicted molar refractivity (Wildman–Crippen MR) is 222 cm³/mol. The van der Waals surface area contributed by atoms with Gasteiger partial charge in [-0.05, 0) is 67.6 Å². The molecule has 0 aliphatic rings. The molecule has 0 aromatic heterocycles. The van der Waals surface area contributed by atoms with Crippen molar-refractivity contribution >= 4 is 106 Å². The van der Waals surface area contributed by atoms with Gasteiger partial charge in [-0.25, -0.2) is 25.2 Å². The molecule has 0 spiro atoms. The van der Waals surface area contributed by atoms with Gasteiger partial charge < -0.3 is 16.2 Å². The van der Waals surface area contributed by atoms with Crippen LogP contribution in [0.25, 0.3) is 0 Å². The second-order valence-electron chi connectivity index (χ2n) is 12.5. The molecule has 0 radical (unpaired) electrons. The number of nitrogens with zero attached hydrogens (tertiary/aromatic N) is 6. The molecule has 0 saturated heterocycles. The van der Waals surface area contributed by atoms with Crippen molar-refractivity contribution in [2.75, 3.05) is 35.8 Å². The molecule has 0 aliphatic heterocycles. The van der Waals surface area contributed by atoms with Gasteiger partial charge in [-0.3, -0.25) is 18.2 Å². The molecular weight excluding hydrogens is 981 g/mol. The lowest BCUT2D eigenvalue weighted by molar-refractivity contribution is 0.282. The number of nitrogens with two attached hydrogens (primary N) is 1. The summed E-state index contributed by atoms with van der Waals surface area (Å²) in [5.74, 6) is -2.53. The quantitative estimate of drug-likeness (QED) is 0.0353. The first-order valence-electron chi connectivity index (χ1n) is 16.7. The van der Waals surface area contributed by atoms with Crippen LogP contribution in [0.5, 0.6) is 5.75 Å². The Morgan fingerprint density at radius 1 is 0.578 bits per heavy atom. The molecule has 8 N–H and O–H groups in total. The molecule has 4 rings (SSSR count). The van der Waals surface area contributed by atoms with Crippen LogP contribution in [0.2, 0.25) is 0 Å². The molecule has 0 unspecified atom stereocenters. The molecule has 346 valence electrons. The van der Waals surface area contributed by atoms with Gasteiger partial charge in [0.25, 0.3) is 20.2 Å². The van der Waals surface area contributed by atoms with Gasteiger partial charge in [0, 0.05) is 11.8 Å². The first-order chi connectivity index (χ1) is 29.3. The highest BCUT2D eigenvalue weighted by Gasteiger charge is 2.24. The van der Waals surface area contributed by atoms with Gasteiger partial charge in [-0.2, -0.15) is 38.8 Å². The number of azo groups is 3. The van der Waals surface area contributed by atoms with E-state index in [1.165, 1.54) is 19.1 Å². The Morgan fingerprint density at radius 3 is 1.58 bits per heavy atom. The van der Waals surface area contributed by atoms with Crippen LogP contribution in [0.3, 0.4) is 0 Å². The van der Waals surface area contributed by atoms with Gasteiger partial charge >= 0.3 is 20.8 Å². The van der Waals surface area contributed by atoms with E-state index in [2.05, 4.69) is 50.9 Å². The summed E-state index contributed by atoms with van der Waals surface area (Å²) in [5.41, 5.74) is 3.63. The average Bonchev–Trinajstić information content (AvgIpc) is 3.14. The molecule has 0 bridgehead atoms. The van der Waals surface area contributed by atoms with Gasteiger partial charge in [-0.15, -0.1) is 25.6 Å². The third-order valence-electron chi connectivity index (χ3n) is 7.56. The molecule has 27 nitrogen and oxygen atoms in total. The molecule has 0 heterocycles. The van der Waals surface area contributed by atoms with E-state index in [1.807, 2.05) is 0 Å². The van der Waals surface area contributed by atoms with Crippen molar-refractivity contribution in [1.82, 2.24) is 0 Å². The van der Waals surface area contributed by atoms with Crippen LogP contribution in [0, 0.1) is 0 Å². The van der Waals surface area contributed by atoms with Crippen LogP contribution in [-0.2, 0) is 69.1 Å².